The van der Waals surface area contributed by atoms with Gasteiger partial charge in [-0.3, -0.25) is 9.80 Å². The van der Waals surface area contributed by atoms with E-state index in [4.69, 9.17) is 10.00 Å². The summed E-state index contributed by atoms with van der Waals surface area (Å²) in [6, 6.07) is 12.8. The van der Waals surface area contributed by atoms with E-state index < -0.39 is 23.5 Å². The van der Waals surface area contributed by atoms with Crippen LogP contribution >= 0.6 is 23.7 Å². The van der Waals surface area contributed by atoms with E-state index in [2.05, 4.69) is 38.5 Å². The third kappa shape index (κ3) is 9.42. The number of hydrogen-bond donors (Lipinski definition) is 0. The van der Waals surface area contributed by atoms with Crippen molar-refractivity contribution in [3.8, 4) is 6.07 Å². The lowest BCUT2D eigenvalue weighted by Crippen LogP contribution is -2.48. The summed E-state index contributed by atoms with van der Waals surface area (Å²) in [6.07, 6.45) is -9.79. The van der Waals surface area contributed by atoms with E-state index in [1.54, 1.807) is 0 Å². The third-order valence-corrected chi connectivity index (χ3v) is 5.52. The number of halogens is 8. The van der Waals surface area contributed by atoms with Gasteiger partial charge in [0.15, 0.2) is 0 Å². The maximum atomic E-state index is 13.1. The molecule has 0 bridgehead atoms. The maximum Gasteiger partial charge on any atom is 0.416 e. The molecule has 3 rings (SSSR count). The minimum atomic E-state index is -4.90. The number of benzene rings is 2. The second-order valence-electron chi connectivity index (χ2n) is 7.88. The van der Waals surface area contributed by atoms with Crippen LogP contribution in [0.3, 0.4) is 0 Å². The quantitative estimate of drug-likeness (QED) is 0.290. The molecular weight excluding hydrogens is 535 g/mol. The molecule has 1 fully saturated rings. The molecular formula is C23H23Cl2F6N3O2. The van der Waals surface area contributed by atoms with Crippen LogP contribution in [0.15, 0.2) is 48.5 Å². The smallest absolute Gasteiger partial charge is 0.375 e. The SMILES string of the molecule is ClOCl.N#CCN1CCN([C@H](COCc2cc(C(F)(F)F)cc(C(F)(F)F)c2)c2ccccc2)CC1. The molecule has 0 aromatic heterocycles. The zero-order chi connectivity index (χ0) is 26.8. The first-order valence-corrected chi connectivity index (χ1v) is 11.2. The lowest BCUT2D eigenvalue weighted by Gasteiger charge is -2.38. The van der Waals surface area contributed by atoms with Gasteiger partial charge in [0.05, 0.1) is 66.7 Å². The Morgan fingerprint density at radius 1 is 0.889 bits per heavy atom. The van der Waals surface area contributed by atoms with Crippen LogP contribution in [-0.2, 0) is 27.5 Å². The zero-order valence-electron chi connectivity index (χ0n) is 18.8. The molecule has 1 aliphatic heterocycles. The van der Waals surface area contributed by atoms with Gasteiger partial charge in [0.1, 0.15) is 0 Å². The summed E-state index contributed by atoms with van der Waals surface area (Å²) in [4.78, 5) is 4.16. The number of nitriles is 1. The Bertz CT molecular complexity index is 946. The highest BCUT2D eigenvalue weighted by atomic mass is 35.6. The average Bonchev–Trinajstić information content (AvgIpc) is 2.83. The van der Waals surface area contributed by atoms with Gasteiger partial charge >= 0.3 is 12.4 Å². The number of piperazine rings is 1. The minimum absolute atomic E-state index is 0.0971. The summed E-state index contributed by atoms with van der Waals surface area (Å²) in [5.74, 6) is 0. The van der Waals surface area contributed by atoms with Crippen LogP contribution in [0.4, 0.5) is 26.3 Å². The van der Waals surface area contributed by atoms with E-state index in [1.807, 2.05) is 35.2 Å². The van der Waals surface area contributed by atoms with E-state index in [9.17, 15) is 26.3 Å². The van der Waals surface area contributed by atoms with Crippen molar-refractivity contribution in [3.63, 3.8) is 0 Å². The lowest BCUT2D eigenvalue weighted by molar-refractivity contribution is -0.143. The van der Waals surface area contributed by atoms with E-state index in [1.165, 1.54) is 0 Å². The molecule has 2 aromatic carbocycles. The van der Waals surface area contributed by atoms with Crippen LogP contribution in [0.1, 0.15) is 28.3 Å². The van der Waals surface area contributed by atoms with Gasteiger partial charge in [0.25, 0.3) is 0 Å². The standard InChI is InChI=1S/C23H23F6N3O.Cl2O/c24-22(25,26)19-12-17(13-20(14-19)23(27,28)29)15-33-16-21(18-4-2-1-3-5-18)32-10-8-31(7-6-30)9-11-32;1-3-2/h1-5,12-14,21H,7-11,15-16H2;/t21-;/m1./s1. The summed E-state index contributed by atoms with van der Waals surface area (Å²) >= 11 is 8.53. The fourth-order valence-electron chi connectivity index (χ4n) is 3.81. The van der Waals surface area contributed by atoms with Crippen molar-refractivity contribution < 1.29 is 34.9 Å². The Kier molecular flexibility index (Phi) is 11.7. The van der Waals surface area contributed by atoms with E-state index in [0.717, 1.165) is 5.56 Å². The number of rotatable bonds is 7. The van der Waals surface area contributed by atoms with E-state index >= 15 is 0 Å². The van der Waals surface area contributed by atoms with Gasteiger partial charge in [0, 0.05) is 26.2 Å². The van der Waals surface area contributed by atoms with Gasteiger partial charge < -0.3 is 4.74 Å². The summed E-state index contributed by atoms with van der Waals surface area (Å²) < 4.78 is 87.4. The zero-order valence-corrected chi connectivity index (χ0v) is 20.3. The van der Waals surface area contributed by atoms with E-state index in [-0.39, 0.29) is 30.9 Å². The third-order valence-electron chi connectivity index (χ3n) is 5.52. The lowest BCUT2D eigenvalue weighted by atomic mass is 10.0. The predicted octanol–water partition coefficient (Wildman–Crippen LogP) is 6.43. The molecule has 36 heavy (non-hydrogen) atoms. The molecule has 198 valence electrons. The highest BCUT2D eigenvalue weighted by Gasteiger charge is 2.37. The first-order valence-electron chi connectivity index (χ1n) is 10.6. The van der Waals surface area contributed by atoms with Crippen molar-refractivity contribution in [2.24, 2.45) is 0 Å². The van der Waals surface area contributed by atoms with Crippen LogP contribution in [0, 0.1) is 11.3 Å². The van der Waals surface area contributed by atoms with Crippen LogP contribution in [0.5, 0.6) is 0 Å². The second-order valence-corrected chi connectivity index (χ2v) is 8.35. The molecule has 0 saturated carbocycles. The largest absolute Gasteiger partial charge is 0.416 e. The summed E-state index contributed by atoms with van der Waals surface area (Å²) in [5, 5.41) is 8.87. The van der Waals surface area contributed by atoms with Crippen molar-refractivity contribution in [2.45, 2.75) is 25.0 Å². The van der Waals surface area contributed by atoms with Crippen molar-refractivity contribution in [1.29, 1.82) is 5.26 Å². The molecule has 1 saturated heterocycles. The molecule has 1 aliphatic rings. The van der Waals surface area contributed by atoms with Gasteiger partial charge in [0.2, 0.25) is 0 Å². The van der Waals surface area contributed by atoms with Gasteiger partial charge in [-0.2, -0.15) is 35.4 Å². The molecule has 0 unspecified atom stereocenters. The van der Waals surface area contributed by atoms with Crippen molar-refractivity contribution in [1.82, 2.24) is 9.80 Å². The molecule has 0 spiro atoms. The van der Waals surface area contributed by atoms with Gasteiger partial charge in [-0.25, -0.2) is 0 Å². The van der Waals surface area contributed by atoms with Gasteiger partial charge in [-0.05, 0) is 29.3 Å². The van der Waals surface area contributed by atoms with Crippen LogP contribution in [-0.4, -0.2) is 49.1 Å². The maximum absolute atomic E-state index is 13.1. The molecule has 0 amide bonds. The van der Waals surface area contributed by atoms with Crippen LogP contribution < -0.4 is 0 Å². The predicted molar refractivity (Wildman–Crippen MR) is 122 cm³/mol. The monoisotopic (exact) mass is 557 g/mol. The fourth-order valence-corrected chi connectivity index (χ4v) is 3.81. The van der Waals surface area contributed by atoms with E-state index in [0.29, 0.717) is 44.9 Å². The average molecular weight is 558 g/mol. The summed E-state index contributed by atoms with van der Waals surface area (Å²) in [5.41, 5.74) is -1.97. The summed E-state index contributed by atoms with van der Waals surface area (Å²) in [7, 11) is 0. The highest BCUT2D eigenvalue weighted by molar-refractivity contribution is 6.24. The molecule has 0 aliphatic carbocycles. The summed E-state index contributed by atoms with van der Waals surface area (Å²) in [6.45, 7) is 2.72. The molecule has 2 aromatic rings. The Morgan fingerprint density at radius 2 is 1.42 bits per heavy atom. The number of ether oxygens (including phenoxy) is 1. The molecule has 13 heteroatoms. The Morgan fingerprint density at radius 3 is 1.89 bits per heavy atom. The first-order chi connectivity index (χ1) is 17.0. The normalized spacial score (nSPS) is 16.1. The number of alkyl halides is 6. The Hall–Kier alpha value is -2.07. The second kappa shape index (κ2) is 14.0. The number of nitrogens with zero attached hydrogens (tertiary/aromatic N) is 3. The van der Waals surface area contributed by atoms with Gasteiger partial charge in [-0.15, -0.1) is 0 Å². The molecule has 0 radical (unpaired) electrons. The van der Waals surface area contributed by atoms with Crippen LogP contribution in [0.2, 0.25) is 0 Å². The fraction of sp³-hybridized carbons (Fsp3) is 0.435. The molecule has 5 nitrogen and oxygen atoms in total. The topological polar surface area (TPSA) is 48.7 Å². The molecule has 1 heterocycles. The minimum Gasteiger partial charge on any atom is -0.375 e. The first kappa shape index (κ1) is 30.2. The number of hydrogen-bond acceptors (Lipinski definition) is 5. The Labute approximate surface area is 215 Å². The molecule has 1 atom stereocenters. The van der Waals surface area contributed by atoms with Crippen molar-refractivity contribution in [3.05, 3.63) is 70.8 Å². The Balaban J connectivity index is 0.00000145. The van der Waals surface area contributed by atoms with Crippen molar-refractivity contribution >= 4 is 23.7 Å². The van der Waals surface area contributed by atoms with Crippen molar-refractivity contribution in [2.75, 3.05) is 39.3 Å². The van der Waals surface area contributed by atoms with Gasteiger partial charge in [-0.1, -0.05) is 30.3 Å². The highest BCUT2D eigenvalue weighted by Crippen LogP contribution is 2.36. The molecule has 0 N–H and O–H groups in total. The van der Waals surface area contributed by atoms with Crippen LogP contribution in [0.25, 0.3) is 0 Å².